The summed E-state index contributed by atoms with van der Waals surface area (Å²) in [4.78, 5) is 26.7. The first-order valence-electron chi connectivity index (χ1n) is 10.5. The lowest BCUT2D eigenvalue weighted by molar-refractivity contribution is -0.113. The van der Waals surface area contributed by atoms with Crippen molar-refractivity contribution in [1.82, 2.24) is 15.3 Å². The van der Waals surface area contributed by atoms with Crippen LogP contribution in [0.2, 0.25) is 0 Å². The van der Waals surface area contributed by atoms with Crippen LogP contribution >= 0.6 is 0 Å². The molecule has 2 aromatic carbocycles. The number of guanidine groups is 1. The van der Waals surface area contributed by atoms with Gasteiger partial charge in [-0.3, -0.25) is 15.1 Å². The van der Waals surface area contributed by atoms with Crippen LogP contribution in [0.4, 0.5) is 11.7 Å². The van der Waals surface area contributed by atoms with Gasteiger partial charge in [-0.15, -0.1) is 0 Å². The average Bonchev–Trinajstić information content (AvgIpc) is 3.23. The monoisotopic (exact) mass is 438 g/mol. The molecule has 0 saturated heterocycles. The molecule has 0 fully saturated rings. The lowest BCUT2D eigenvalue weighted by Gasteiger charge is -2.26. The second-order valence-electron chi connectivity index (χ2n) is 7.71. The first-order valence-corrected chi connectivity index (χ1v) is 10.5. The zero-order valence-electron chi connectivity index (χ0n) is 18.2. The highest BCUT2D eigenvalue weighted by molar-refractivity contribution is 6.08. The molecule has 0 aliphatic carbocycles. The number of allylic oxidation sites excluding steroid dienone is 1. The van der Waals surface area contributed by atoms with E-state index in [-0.39, 0.29) is 5.91 Å². The number of amides is 1. The summed E-state index contributed by atoms with van der Waals surface area (Å²) in [5.41, 5.74) is 5.20. The zero-order valence-corrected chi connectivity index (χ0v) is 18.2. The molecular weight excluding hydrogens is 416 g/mol. The Labute approximate surface area is 190 Å². The molecule has 3 N–H and O–H groups in total. The van der Waals surface area contributed by atoms with E-state index in [0.29, 0.717) is 28.8 Å². The normalized spacial score (nSPS) is 15.7. The lowest BCUT2D eigenvalue weighted by atomic mass is 9.96. The number of carbonyl (C=O) groups is 1. The molecule has 164 valence electrons. The van der Waals surface area contributed by atoms with Crippen LogP contribution in [0.25, 0.3) is 11.1 Å². The Bertz CT molecular complexity index is 1360. The van der Waals surface area contributed by atoms with Crippen molar-refractivity contribution in [2.45, 2.75) is 19.9 Å². The second kappa shape index (κ2) is 8.58. The standard InChI is InChI=1S/C25H22N6O2/c1-15-7-3-4-8-18(15)28-23(32)21-16(2)27-24(30-22(21)17-11-13-26-14-12-17)31-25-29-19-9-5-6-10-20(19)33-25/h3-14,22H,1-2H3,(H,28,32)(H2,27,29,30,31). The van der Waals surface area contributed by atoms with Gasteiger partial charge in [-0.2, -0.15) is 4.98 Å². The van der Waals surface area contributed by atoms with Gasteiger partial charge in [-0.1, -0.05) is 30.3 Å². The van der Waals surface area contributed by atoms with E-state index in [2.05, 4.69) is 25.9 Å². The van der Waals surface area contributed by atoms with Crippen molar-refractivity contribution in [2.75, 3.05) is 10.6 Å². The predicted octanol–water partition coefficient (Wildman–Crippen LogP) is 4.56. The molecule has 0 bridgehead atoms. The number of pyridine rings is 1. The molecule has 0 radical (unpaired) electrons. The van der Waals surface area contributed by atoms with Crippen molar-refractivity contribution in [3.05, 3.63) is 95.5 Å². The molecule has 33 heavy (non-hydrogen) atoms. The van der Waals surface area contributed by atoms with Crippen molar-refractivity contribution in [3.63, 3.8) is 0 Å². The number of carbonyl (C=O) groups excluding carboxylic acids is 1. The molecule has 4 aromatic rings. The van der Waals surface area contributed by atoms with Crippen molar-refractivity contribution in [3.8, 4) is 0 Å². The van der Waals surface area contributed by atoms with E-state index in [1.807, 2.05) is 74.5 Å². The van der Waals surface area contributed by atoms with E-state index in [4.69, 9.17) is 9.41 Å². The van der Waals surface area contributed by atoms with E-state index in [1.54, 1.807) is 12.4 Å². The van der Waals surface area contributed by atoms with Gasteiger partial charge in [0.25, 0.3) is 5.91 Å². The second-order valence-corrected chi connectivity index (χ2v) is 7.71. The van der Waals surface area contributed by atoms with Crippen LogP contribution in [-0.4, -0.2) is 21.8 Å². The van der Waals surface area contributed by atoms with Gasteiger partial charge >= 0.3 is 6.01 Å². The molecule has 1 amide bonds. The third kappa shape index (κ3) is 4.18. The number of rotatable bonds is 4. The van der Waals surface area contributed by atoms with Gasteiger partial charge in [0.2, 0.25) is 5.96 Å². The lowest BCUT2D eigenvalue weighted by Crippen LogP contribution is -2.37. The van der Waals surface area contributed by atoms with Gasteiger partial charge in [-0.25, -0.2) is 4.99 Å². The first-order chi connectivity index (χ1) is 16.1. The maximum atomic E-state index is 13.4. The summed E-state index contributed by atoms with van der Waals surface area (Å²) < 4.78 is 5.77. The van der Waals surface area contributed by atoms with Gasteiger partial charge in [0.15, 0.2) is 5.58 Å². The Morgan fingerprint density at radius 1 is 1.00 bits per heavy atom. The SMILES string of the molecule is CC1=C(C(=O)Nc2ccccc2C)C(c2ccncc2)N=C(Nc2nc3ccccc3o2)N1. The minimum absolute atomic E-state index is 0.222. The first kappa shape index (κ1) is 20.4. The van der Waals surface area contributed by atoms with Crippen LogP contribution in [0.3, 0.4) is 0 Å². The molecule has 1 aliphatic heterocycles. The fourth-order valence-corrected chi connectivity index (χ4v) is 3.75. The topological polar surface area (TPSA) is 104 Å². The van der Waals surface area contributed by atoms with Gasteiger partial charge in [0.05, 0.1) is 5.57 Å². The molecule has 2 aromatic heterocycles. The average molecular weight is 438 g/mol. The highest BCUT2D eigenvalue weighted by Crippen LogP contribution is 2.32. The maximum absolute atomic E-state index is 13.4. The van der Waals surface area contributed by atoms with Crippen molar-refractivity contribution < 1.29 is 9.21 Å². The Morgan fingerprint density at radius 3 is 2.55 bits per heavy atom. The quantitative estimate of drug-likeness (QED) is 0.432. The number of hydrogen-bond acceptors (Lipinski definition) is 7. The number of aliphatic imine (C=N–C) groups is 1. The van der Waals surface area contributed by atoms with Gasteiger partial charge in [0.1, 0.15) is 11.6 Å². The van der Waals surface area contributed by atoms with E-state index in [1.165, 1.54) is 0 Å². The van der Waals surface area contributed by atoms with Gasteiger partial charge in [0, 0.05) is 23.8 Å². The number of benzene rings is 2. The molecule has 8 nitrogen and oxygen atoms in total. The smallest absolute Gasteiger partial charge is 0.302 e. The van der Waals surface area contributed by atoms with Crippen molar-refractivity contribution in [2.24, 2.45) is 4.99 Å². The number of aromatic nitrogens is 2. The van der Waals surface area contributed by atoms with Crippen LogP contribution in [0.1, 0.15) is 24.1 Å². The maximum Gasteiger partial charge on any atom is 0.302 e. The third-order valence-electron chi connectivity index (χ3n) is 5.42. The number of nitrogens with one attached hydrogen (secondary N) is 3. The summed E-state index contributed by atoms with van der Waals surface area (Å²) in [7, 11) is 0. The molecule has 3 heterocycles. The van der Waals surface area contributed by atoms with Crippen LogP contribution in [0.5, 0.6) is 0 Å². The Morgan fingerprint density at radius 2 is 1.76 bits per heavy atom. The van der Waals surface area contributed by atoms with E-state index < -0.39 is 6.04 Å². The molecule has 5 rings (SSSR count). The summed E-state index contributed by atoms with van der Waals surface area (Å²) in [6.45, 7) is 3.81. The Balaban J connectivity index is 1.47. The summed E-state index contributed by atoms with van der Waals surface area (Å²) >= 11 is 0. The highest BCUT2D eigenvalue weighted by Gasteiger charge is 2.30. The van der Waals surface area contributed by atoms with E-state index in [0.717, 1.165) is 22.3 Å². The van der Waals surface area contributed by atoms with Crippen LogP contribution in [-0.2, 0) is 4.79 Å². The summed E-state index contributed by atoms with van der Waals surface area (Å²) in [6, 6.07) is 18.7. The van der Waals surface area contributed by atoms with Crippen LogP contribution in [0.15, 0.2) is 93.7 Å². The molecule has 1 aliphatic rings. The Kier molecular flexibility index (Phi) is 5.32. The number of aryl methyl sites for hydroxylation is 1. The molecular formula is C25H22N6O2. The minimum atomic E-state index is -0.537. The molecule has 8 heteroatoms. The number of fused-ring (bicyclic) bond motifs is 1. The largest absolute Gasteiger partial charge is 0.423 e. The van der Waals surface area contributed by atoms with E-state index in [9.17, 15) is 4.79 Å². The van der Waals surface area contributed by atoms with E-state index >= 15 is 0 Å². The summed E-state index contributed by atoms with van der Waals surface area (Å²) in [5.74, 6) is 0.217. The van der Waals surface area contributed by atoms with Crippen LogP contribution in [0, 0.1) is 6.92 Å². The summed E-state index contributed by atoms with van der Waals surface area (Å²) in [6.07, 6.45) is 3.37. The van der Waals surface area contributed by atoms with Gasteiger partial charge < -0.3 is 15.1 Å². The molecule has 1 atom stereocenters. The highest BCUT2D eigenvalue weighted by atomic mass is 16.4. The third-order valence-corrected chi connectivity index (χ3v) is 5.42. The number of hydrogen-bond donors (Lipinski definition) is 3. The Hall–Kier alpha value is -4.46. The number of anilines is 2. The predicted molar refractivity (Wildman–Crippen MR) is 128 cm³/mol. The number of nitrogens with zero attached hydrogens (tertiary/aromatic N) is 3. The van der Waals surface area contributed by atoms with Gasteiger partial charge in [-0.05, 0) is 55.3 Å². The summed E-state index contributed by atoms with van der Waals surface area (Å²) in [5, 5.41) is 9.30. The minimum Gasteiger partial charge on any atom is -0.423 e. The number of para-hydroxylation sites is 3. The molecule has 0 saturated carbocycles. The molecule has 1 unspecified atom stereocenters. The van der Waals surface area contributed by atoms with Crippen molar-refractivity contribution in [1.29, 1.82) is 0 Å². The molecule has 0 spiro atoms. The van der Waals surface area contributed by atoms with Crippen LogP contribution < -0.4 is 16.0 Å². The zero-order chi connectivity index (χ0) is 22.8. The fourth-order valence-electron chi connectivity index (χ4n) is 3.75. The number of oxazole rings is 1. The fraction of sp³-hybridized carbons (Fsp3) is 0.120. The van der Waals surface area contributed by atoms with Crippen molar-refractivity contribution >= 4 is 34.7 Å².